The van der Waals surface area contributed by atoms with Gasteiger partial charge in [0.2, 0.25) is 11.0 Å². The molecule has 3 rings (SSSR count). The highest BCUT2D eigenvalue weighted by atomic mass is 32.1. The lowest BCUT2D eigenvalue weighted by molar-refractivity contribution is -0.384. The minimum Gasteiger partial charge on any atom is -0.362 e. The summed E-state index contributed by atoms with van der Waals surface area (Å²) in [7, 11) is 0. The van der Waals surface area contributed by atoms with Gasteiger partial charge in [0.25, 0.3) is 11.6 Å². The van der Waals surface area contributed by atoms with Crippen molar-refractivity contribution < 1.29 is 14.5 Å². The predicted molar refractivity (Wildman–Crippen MR) is 119 cm³/mol. The standard InChI is InChI=1S/C20H26N6O4S/c1-4-14(5-2)19-22-23-20(31-19)21-18(28)15-6-7-16(17(12-15)26(29)30)25-10-8-24(9-11-25)13(3)27/h6-7,12,14H,4-5,8-11H2,1-3H3,(H,21,23,28). The van der Waals surface area contributed by atoms with Crippen molar-refractivity contribution in [2.45, 2.75) is 39.5 Å². The second kappa shape index (κ2) is 9.82. The van der Waals surface area contributed by atoms with E-state index in [4.69, 9.17) is 0 Å². The van der Waals surface area contributed by atoms with Gasteiger partial charge < -0.3 is 9.80 Å². The zero-order valence-electron chi connectivity index (χ0n) is 17.8. The molecule has 2 aromatic rings. The summed E-state index contributed by atoms with van der Waals surface area (Å²) < 4.78 is 0. The maximum Gasteiger partial charge on any atom is 0.293 e. The molecular formula is C20H26N6O4S. The number of anilines is 2. The average molecular weight is 447 g/mol. The van der Waals surface area contributed by atoms with Crippen LogP contribution in [0.3, 0.4) is 0 Å². The molecule has 166 valence electrons. The van der Waals surface area contributed by atoms with Crippen molar-refractivity contribution in [3.8, 4) is 0 Å². The van der Waals surface area contributed by atoms with E-state index in [1.807, 2.05) is 4.90 Å². The first-order chi connectivity index (χ1) is 14.8. The number of benzene rings is 1. The second-order valence-corrected chi connectivity index (χ2v) is 8.38. The van der Waals surface area contributed by atoms with Crippen LogP contribution < -0.4 is 10.2 Å². The van der Waals surface area contributed by atoms with Crippen molar-refractivity contribution in [2.24, 2.45) is 0 Å². The molecule has 1 aliphatic rings. The van der Waals surface area contributed by atoms with Crippen molar-refractivity contribution in [1.82, 2.24) is 15.1 Å². The molecule has 0 spiro atoms. The number of nitro benzene ring substituents is 1. The van der Waals surface area contributed by atoms with Gasteiger partial charge in [0, 0.05) is 50.7 Å². The number of aromatic nitrogens is 2. The Hall–Kier alpha value is -3.08. The van der Waals surface area contributed by atoms with Gasteiger partial charge in [-0.3, -0.25) is 25.0 Å². The first kappa shape index (κ1) is 22.6. The van der Waals surface area contributed by atoms with Crippen LogP contribution in [0.4, 0.5) is 16.5 Å². The molecule has 1 fully saturated rings. The Morgan fingerprint density at radius 1 is 1.19 bits per heavy atom. The van der Waals surface area contributed by atoms with Crippen molar-refractivity contribution >= 4 is 39.7 Å². The summed E-state index contributed by atoms with van der Waals surface area (Å²) in [5, 5.41) is 23.8. The summed E-state index contributed by atoms with van der Waals surface area (Å²) >= 11 is 1.32. The molecule has 0 bridgehead atoms. The fraction of sp³-hybridized carbons (Fsp3) is 0.500. The topological polar surface area (TPSA) is 122 Å². The summed E-state index contributed by atoms with van der Waals surface area (Å²) in [5.74, 6) is -0.180. The number of hydrogen-bond acceptors (Lipinski definition) is 8. The van der Waals surface area contributed by atoms with Gasteiger partial charge in [0.15, 0.2) is 0 Å². The Balaban J connectivity index is 1.75. The molecule has 0 radical (unpaired) electrons. The highest BCUT2D eigenvalue weighted by Crippen LogP contribution is 2.31. The third-order valence-corrected chi connectivity index (χ3v) is 6.50. The Labute approximate surface area is 184 Å². The molecule has 0 aliphatic carbocycles. The smallest absolute Gasteiger partial charge is 0.293 e. The largest absolute Gasteiger partial charge is 0.362 e. The van der Waals surface area contributed by atoms with Crippen LogP contribution in [0.15, 0.2) is 18.2 Å². The fourth-order valence-corrected chi connectivity index (χ4v) is 4.60. The third-order valence-electron chi connectivity index (χ3n) is 5.50. The molecule has 2 heterocycles. The van der Waals surface area contributed by atoms with E-state index in [9.17, 15) is 19.7 Å². The molecule has 0 saturated carbocycles. The molecular weight excluding hydrogens is 420 g/mol. The van der Waals surface area contributed by atoms with Crippen LogP contribution in [0, 0.1) is 10.1 Å². The molecule has 1 aromatic carbocycles. The molecule has 11 heteroatoms. The van der Waals surface area contributed by atoms with Crippen molar-refractivity contribution in [2.75, 3.05) is 36.4 Å². The number of nitro groups is 1. The first-order valence-electron chi connectivity index (χ1n) is 10.3. The number of nitrogens with one attached hydrogen (secondary N) is 1. The number of nitrogens with zero attached hydrogens (tertiary/aromatic N) is 5. The van der Waals surface area contributed by atoms with E-state index in [0.29, 0.717) is 42.9 Å². The van der Waals surface area contributed by atoms with Crippen LogP contribution in [-0.4, -0.2) is 58.0 Å². The molecule has 1 saturated heterocycles. The molecule has 1 N–H and O–H groups in total. The summed E-state index contributed by atoms with van der Waals surface area (Å²) in [6.07, 6.45) is 1.88. The lowest BCUT2D eigenvalue weighted by atomic mass is 10.1. The van der Waals surface area contributed by atoms with Gasteiger partial charge in [0.05, 0.1) is 4.92 Å². The van der Waals surface area contributed by atoms with Crippen LogP contribution in [0.5, 0.6) is 0 Å². The van der Waals surface area contributed by atoms with E-state index >= 15 is 0 Å². The molecule has 0 unspecified atom stereocenters. The minimum absolute atomic E-state index is 0.00908. The number of piperazine rings is 1. The van der Waals surface area contributed by atoms with Crippen LogP contribution >= 0.6 is 11.3 Å². The van der Waals surface area contributed by atoms with Crippen molar-refractivity contribution in [1.29, 1.82) is 0 Å². The lowest BCUT2D eigenvalue weighted by Crippen LogP contribution is -2.48. The minimum atomic E-state index is -0.487. The molecule has 0 atom stereocenters. The van der Waals surface area contributed by atoms with Gasteiger partial charge in [0.1, 0.15) is 10.7 Å². The summed E-state index contributed by atoms with van der Waals surface area (Å²) in [6, 6.07) is 4.44. The summed E-state index contributed by atoms with van der Waals surface area (Å²) in [4.78, 5) is 38.9. The van der Waals surface area contributed by atoms with Gasteiger partial charge in [-0.1, -0.05) is 25.2 Å². The van der Waals surface area contributed by atoms with E-state index in [0.717, 1.165) is 17.8 Å². The van der Waals surface area contributed by atoms with Crippen molar-refractivity contribution in [3.05, 3.63) is 38.9 Å². The van der Waals surface area contributed by atoms with Crippen LogP contribution in [-0.2, 0) is 4.79 Å². The van der Waals surface area contributed by atoms with Gasteiger partial charge in [-0.15, -0.1) is 10.2 Å². The van der Waals surface area contributed by atoms with E-state index < -0.39 is 10.8 Å². The number of hydrogen-bond donors (Lipinski definition) is 1. The number of carbonyl (C=O) groups excluding carboxylic acids is 2. The van der Waals surface area contributed by atoms with E-state index in [2.05, 4.69) is 29.4 Å². The Bertz CT molecular complexity index is 966. The number of carbonyl (C=O) groups is 2. The first-order valence-corrected chi connectivity index (χ1v) is 11.1. The maximum absolute atomic E-state index is 12.7. The van der Waals surface area contributed by atoms with Crippen LogP contribution in [0.2, 0.25) is 0 Å². The van der Waals surface area contributed by atoms with Crippen LogP contribution in [0.1, 0.15) is 54.9 Å². The monoisotopic (exact) mass is 446 g/mol. The number of rotatable bonds is 7. The Morgan fingerprint density at radius 3 is 2.45 bits per heavy atom. The van der Waals surface area contributed by atoms with Gasteiger partial charge in [-0.05, 0) is 25.0 Å². The third kappa shape index (κ3) is 5.16. The fourth-order valence-electron chi connectivity index (χ4n) is 3.60. The second-order valence-electron chi connectivity index (χ2n) is 7.37. The Kier molecular flexibility index (Phi) is 7.16. The highest BCUT2D eigenvalue weighted by molar-refractivity contribution is 7.15. The van der Waals surface area contributed by atoms with Crippen LogP contribution in [0.25, 0.3) is 0 Å². The number of amides is 2. The lowest BCUT2D eigenvalue weighted by Gasteiger charge is -2.35. The zero-order valence-corrected chi connectivity index (χ0v) is 18.6. The highest BCUT2D eigenvalue weighted by Gasteiger charge is 2.26. The summed E-state index contributed by atoms with van der Waals surface area (Å²) in [5.41, 5.74) is 0.479. The summed E-state index contributed by atoms with van der Waals surface area (Å²) in [6.45, 7) is 7.67. The molecule has 1 aliphatic heterocycles. The molecule has 10 nitrogen and oxygen atoms in total. The maximum atomic E-state index is 12.7. The van der Waals surface area contributed by atoms with Gasteiger partial charge >= 0.3 is 0 Å². The SMILES string of the molecule is CCC(CC)c1nnc(NC(=O)c2ccc(N3CCN(C(C)=O)CC3)c([N+](=O)[O-])c2)s1. The van der Waals surface area contributed by atoms with E-state index in [1.165, 1.54) is 24.3 Å². The predicted octanol–water partition coefficient (Wildman–Crippen LogP) is 3.27. The van der Waals surface area contributed by atoms with E-state index in [-0.39, 0.29) is 17.2 Å². The zero-order chi connectivity index (χ0) is 22.5. The van der Waals surface area contributed by atoms with Crippen molar-refractivity contribution in [3.63, 3.8) is 0 Å². The van der Waals surface area contributed by atoms with Gasteiger partial charge in [-0.2, -0.15) is 0 Å². The normalized spacial score (nSPS) is 14.1. The van der Waals surface area contributed by atoms with Gasteiger partial charge in [-0.25, -0.2) is 0 Å². The molecule has 1 aromatic heterocycles. The Morgan fingerprint density at radius 2 is 1.87 bits per heavy atom. The van der Waals surface area contributed by atoms with E-state index in [1.54, 1.807) is 17.0 Å². The molecule has 31 heavy (non-hydrogen) atoms. The molecule has 2 amide bonds. The quantitative estimate of drug-likeness (QED) is 0.512. The average Bonchev–Trinajstić information content (AvgIpc) is 3.22.